The molecule has 0 saturated carbocycles. The third kappa shape index (κ3) is 0.696. The molecule has 4 nitrogen and oxygen atoms in total. The fourth-order valence-corrected chi connectivity index (χ4v) is 0.426. The second-order valence-electron chi connectivity index (χ2n) is 1.50. The summed E-state index contributed by atoms with van der Waals surface area (Å²) in [5.74, 6) is -1.07. The Kier molecular flexibility index (Phi) is 1.02. The Labute approximate surface area is 45.1 Å². The van der Waals surface area contributed by atoms with E-state index in [1.54, 1.807) is 0 Å². The standard InChI is InChI=1S/C4H4O4/c5-1-2-3(8-2)4(6)7/h1-3H,(H,6,7)/t2-,3+/m1/s1. The van der Waals surface area contributed by atoms with Gasteiger partial charge >= 0.3 is 5.97 Å². The number of hydrogen-bond acceptors (Lipinski definition) is 3. The molecule has 1 saturated heterocycles. The second kappa shape index (κ2) is 1.56. The number of carboxylic acids is 1. The van der Waals surface area contributed by atoms with Crippen LogP contribution in [0.4, 0.5) is 0 Å². The third-order valence-corrected chi connectivity index (χ3v) is 0.903. The summed E-state index contributed by atoms with van der Waals surface area (Å²) in [6.07, 6.45) is -1.07. The maximum absolute atomic E-state index is 9.85. The molecule has 8 heavy (non-hydrogen) atoms. The third-order valence-electron chi connectivity index (χ3n) is 0.903. The zero-order chi connectivity index (χ0) is 6.15. The van der Waals surface area contributed by atoms with Gasteiger partial charge in [0.1, 0.15) is 0 Å². The number of aliphatic carboxylic acids is 1. The minimum absolute atomic E-state index is 0.485. The molecule has 1 fully saturated rings. The van der Waals surface area contributed by atoms with E-state index in [1.807, 2.05) is 0 Å². The summed E-state index contributed by atoms with van der Waals surface area (Å²) < 4.78 is 4.36. The molecule has 44 valence electrons. The van der Waals surface area contributed by atoms with Gasteiger partial charge in [-0.05, 0) is 0 Å². The van der Waals surface area contributed by atoms with E-state index < -0.39 is 18.2 Å². The normalized spacial score (nSPS) is 34.0. The summed E-state index contributed by atoms with van der Waals surface area (Å²) in [6.45, 7) is 0. The monoisotopic (exact) mass is 116 g/mol. The van der Waals surface area contributed by atoms with E-state index in [9.17, 15) is 9.59 Å². The average Bonchev–Trinajstić information content (AvgIpc) is 2.42. The van der Waals surface area contributed by atoms with Gasteiger partial charge in [0, 0.05) is 0 Å². The maximum Gasteiger partial charge on any atom is 0.336 e. The lowest BCUT2D eigenvalue weighted by Crippen LogP contribution is -2.07. The molecule has 0 aromatic heterocycles. The van der Waals surface area contributed by atoms with Gasteiger partial charge in [-0.1, -0.05) is 0 Å². The smallest absolute Gasteiger partial charge is 0.336 e. The molecule has 0 aromatic rings. The van der Waals surface area contributed by atoms with Crippen molar-refractivity contribution in [2.24, 2.45) is 0 Å². The summed E-state index contributed by atoms with van der Waals surface area (Å²) in [5.41, 5.74) is 0. The van der Waals surface area contributed by atoms with E-state index in [4.69, 9.17) is 5.11 Å². The lowest BCUT2D eigenvalue weighted by molar-refractivity contribution is -0.138. The van der Waals surface area contributed by atoms with Gasteiger partial charge in [0.2, 0.25) is 0 Å². The molecule has 4 heteroatoms. The van der Waals surface area contributed by atoms with Crippen LogP contribution in [0.15, 0.2) is 0 Å². The Morgan fingerprint density at radius 3 is 2.50 bits per heavy atom. The number of carboxylic acid groups (broad SMARTS) is 1. The highest BCUT2D eigenvalue weighted by atomic mass is 16.6. The summed E-state index contributed by atoms with van der Waals surface area (Å²) in [6, 6.07) is 0. The maximum atomic E-state index is 9.85. The van der Waals surface area contributed by atoms with E-state index in [2.05, 4.69) is 4.74 Å². The average molecular weight is 116 g/mol. The molecule has 0 aromatic carbocycles. The van der Waals surface area contributed by atoms with Crippen LogP contribution in [0.3, 0.4) is 0 Å². The topological polar surface area (TPSA) is 66.9 Å². The van der Waals surface area contributed by atoms with Crippen LogP contribution in [0, 0.1) is 0 Å². The largest absolute Gasteiger partial charge is 0.479 e. The van der Waals surface area contributed by atoms with Gasteiger partial charge < -0.3 is 14.6 Å². The predicted molar refractivity (Wildman–Crippen MR) is 22.4 cm³/mol. The van der Waals surface area contributed by atoms with Crippen LogP contribution in [0.2, 0.25) is 0 Å². The van der Waals surface area contributed by atoms with Gasteiger partial charge in [-0.3, -0.25) is 0 Å². The molecule has 0 unspecified atom stereocenters. The fourth-order valence-electron chi connectivity index (χ4n) is 0.426. The van der Waals surface area contributed by atoms with Crippen molar-refractivity contribution in [3.63, 3.8) is 0 Å². The van der Waals surface area contributed by atoms with Crippen molar-refractivity contribution < 1.29 is 19.4 Å². The van der Waals surface area contributed by atoms with E-state index in [-0.39, 0.29) is 0 Å². The first kappa shape index (κ1) is 5.24. The molecular formula is C4H4O4. The molecule has 0 bridgehead atoms. The molecule has 1 rings (SSSR count). The van der Waals surface area contributed by atoms with Crippen LogP contribution in [-0.4, -0.2) is 29.6 Å². The number of hydrogen-bond donors (Lipinski definition) is 1. The van der Waals surface area contributed by atoms with Crippen molar-refractivity contribution in [2.75, 3.05) is 0 Å². The fraction of sp³-hybridized carbons (Fsp3) is 0.500. The van der Waals surface area contributed by atoms with Gasteiger partial charge in [-0.2, -0.15) is 0 Å². The van der Waals surface area contributed by atoms with Crippen LogP contribution < -0.4 is 0 Å². The van der Waals surface area contributed by atoms with Gasteiger partial charge in [0.15, 0.2) is 18.5 Å². The number of rotatable bonds is 2. The van der Waals surface area contributed by atoms with Crippen LogP contribution in [0.5, 0.6) is 0 Å². The zero-order valence-electron chi connectivity index (χ0n) is 3.90. The minimum atomic E-state index is -1.07. The lowest BCUT2D eigenvalue weighted by atomic mass is 10.3. The number of epoxide rings is 1. The molecule has 0 aliphatic carbocycles. The number of carbonyl (C=O) groups excluding carboxylic acids is 1. The van der Waals surface area contributed by atoms with Crippen molar-refractivity contribution in [3.05, 3.63) is 0 Å². The van der Waals surface area contributed by atoms with E-state index >= 15 is 0 Å². The van der Waals surface area contributed by atoms with E-state index in [0.29, 0.717) is 6.29 Å². The van der Waals surface area contributed by atoms with Crippen molar-refractivity contribution in [1.82, 2.24) is 0 Å². The first-order valence-corrected chi connectivity index (χ1v) is 2.09. The van der Waals surface area contributed by atoms with Gasteiger partial charge in [-0.15, -0.1) is 0 Å². The molecule has 0 amide bonds. The van der Waals surface area contributed by atoms with Gasteiger partial charge in [-0.25, -0.2) is 4.79 Å². The number of aldehydes is 1. The van der Waals surface area contributed by atoms with Gasteiger partial charge in [0.05, 0.1) is 0 Å². The molecule has 1 heterocycles. The van der Waals surface area contributed by atoms with Crippen molar-refractivity contribution >= 4 is 12.3 Å². The number of ether oxygens (including phenoxy) is 1. The highest BCUT2D eigenvalue weighted by molar-refractivity contribution is 5.82. The Bertz CT molecular complexity index is 130. The molecule has 0 spiro atoms. The first-order chi connectivity index (χ1) is 3.75. The van der Waals surface area contributed by atoms with Crippen LogP contribution in [-0.2, 0) is 14.3 Å². The lowest BCUT2D eigenvalue weighted by Gasteiger charge is -1.74. The molecule has 1 aliphatic heterocycles. The van der Waals surface area contributed by atoms with Crippen LogP contribution in [0.25, 0.3) is 0 Å². The molecule has 2 atom stereocenters. The quantitative estimate of drug-likeness (QED) is 0.372. The molecule has 1 aliphatic rings. The Balaban J connectivity index is 2.36. The highest BCUT2D eigenvalue weighted by Crippen LogP contribution is 2.18. The second-order valence-corrected chi connectivity index (χ2v) is 1.50. The Morgan fingerprint density at radius 1 is 1.75 bits per heavy atom. The molecule has 0 radical (unpaired) electrons. The number of carbonyl (C=O) groups is 2. The zero-order valence-corrected chi connectivity index (χ0v) is 3.90. The summed E-state index contributed by atoms with van der Waals surface area (Å²) in [7, 11) is 0. The Hall–Kier alpha value is -0.900. The van der Waals surface area contributed by atoms with Crippen LogP contribution >= 0.6 is 0 Å². The van der Waals surface area contributed by atoms with Crippen molar-refractivity contribution in [1.29, 1.82) is 0 Å². The first-order valence-electron chi connectivity index (χ1n) is 2.09. The Morgan fingerprint density at radius 2 is 2.38 bits per heavy atom. The van der Waals surface area contributed by atoms with E-state index in [1.165, 1.54) is 0 Å². The summed E-state index contributed by atoms with van der Waals surface area (Å²) in [5, 5.41) is 8.07. The summed E-state index contributed by atoms with van der Waals surface area (Å²) >= 11 is 0. The van der Waals surface area contributed by atoms with E-state index in [0.717, 1.165) is 0 Å². The highest BCUT2D eigenvalue weighted by Gasteiger charge is 2.45. The minimum Gasteiger partial charge on any atom is -0.479 e. The summed E-state index contributed by atoms with van der Waals surface area (Å²) in [4.78, 5) is 19.5. The van der Waals surface area contributed by atoms with Crippen molar-refractivity contribution in [2.45, 2.75) is 12.2 Å². The molecule has 1 N–H and O–H groups in total. The predicted octanol–water partition coefficient (Wildman–Crippen LogP) is -0.963. The molecular weight excluding hydrogens is 112 g/mol. The SMILES string of the molecule is O=C[C@H]1O[C@@H]1C(=O)O. The van der Waals surface area contributed by atoms with Crippen molar-refractivity contribution in [3.8, 4) is 0 Å². The van der Waals surface area contributed by atoms with Crippen LogP contribution in [0.1, 0.15) is 0 Å². The van der Waals surface area contributed by atoms with Gasteiger partial charge in [0.25, 0.3) is 0 Å².